The Labute approximate surface area is 245 Å². The molecule has 0 N–H and O–H groups in total. The summed E-state index contributed by atoms with van der Waals surface area (Å²) in [5.74, 6) is 5.74. The van der Waals surface area contributed by atoms with E-state index in [1.807, 2.05) is 0 Å². The van der Waals surface area contributed by atoms with Crippen LogP contribution in [0.5, 0.6) is 5.75 Å². The van der Waals surface area contributed by atoms with E-state index in [-0.39, 0.29) is 0 Å². The van der Waals surface area contributed by atoms with Crippen molar-refractivity contribution >= 4 is 18.5 Å². The lowest BCUT2D eigenvalue weighted by molar-refractivity contribution is 0.148. The van der Waals surface area contributed by atoms with Crippen LogP contribution in [0.2, 0.25) is 0 Å². The molecule has 4 rings (SSSR count). The minimum Gasteiger partial charge on any atom is -0.493 e. The van der Waals surface area contributed by atoms with Crippen molar-refractivity contribution in [2.24, 2.45) is 29.6 Å². The van der Waals surface area contributed by atoms with Crippen LogP contribution in [0.4, 0.5) is 0 Å². The van der Waals surface area contributed by atoms with Crippen LogP contribution in [0.15, 0.2) is 30.3 Å². The van der Waals surface area contributed by atoms with Gasteiger partial charge in [-0.1, -0.05) is 83.6 Å². The van der Waals surface area contributed by atoms with Gasteiger partial charge in [0.05, 0.1) is 6.61 Å². The highest BCUT2D eigenvalue weighted by Crippen LogP contribution is 2.42. The maximum Gasteiger partial charge on any atom is 0.126 e. The molecule has 0 radical (unpaired) electrons. The molecule has 0 saturated heterocycles. The zero-order valence-electron chi connectivity index (χ0n) is 25.4. The Bertz CT molecular complexity index is 1010. The fourth-order valence-electron chi connectivity index (χ4n) is 7.40. The Hall–Kier alpha value is -0.900. The van der Waals surface area contributed by atoms with Gasteiger partial charge in [-0.15, -0.1) is 18.5 Å². The monoisotopic (exact) mass is 566 g/mol. The number of benzene rings is 2. The van der Waals surface area contributed by atoms with Gasteiger partial charge in [0.1, 0.15) is 5.75 Å². The summed E-state index contributed by atoms with van der Waals surface area (Å²) in [5.41, 5.74) is 8.23. The molecule has 1 nitrogen and oxygen atoms in total. The van der Waals surface area contributed by atoms with Gasteiger partial charge < -0.3 is 4.74 Å². The van der Waals surface area contributed by atoms with E-state index in [9.17, 15) is 0 Å². The molecule has 0 heterocycles. The van der Waals surface area contributed by atoms with Crippen molar-refractivity contribution in [1.82, 2.24) is 0 Å². The number of ether oxygens (including phenoxy) is 1. The molecule has 2 aliphatic carbocycles. The van der Waals surface area contributed by atoms with Crippen molar-refractivity contribution in [1.29, 1.82) is 0 Å². The van der Waals surface area contributed by atoms with Crippen LogP contribution < -0.4 is 4.74 Å². The van der Waals surface area contributed by atoms with Crippen molar-refractivity contribution < 1.29 is 4.74 Å². The molecule has 39 heavy (non-hydrogen) atoms. The first-order valence-corrected chi connectivity index (χ1v) is 17.9. The molecule has 0 aliphatic heterocycles. The molecule has 0 aromatic heterocycles. The van der Waals surface area contributed by atoms with E-state index in [1.165, 1.54) is 110 Å². The molecule has 2 fully saturated rings. The largest absolute Gasteiger partial charge is 0.493 e. The third-order valence-electron chi connectivity index (χ3n) is 10.5. The second kappa shape index (κ2) is 15.4. The highest BCUT2D eigenvalue weighted by molar-refractivity contribution is 7.15. The van der Waals surface area contributed by atoms with E-state index >= 15 is 0 Å². The van der Waals surface area contributed by atoms with Crippen molar-refractivity contribution in [3.63, 3.8) is 0 Å². The average Bonchev–Trinajstić information content (AvgIpc) is 2.98. The van der Waals surface area contributed by atoms with Crippen molar-refractivity contribution in [3.05, 3.63) is 52.6 Å². The summed E-state index contributed by atoms with van der Waals surface area (Å²) in [7, 11) is 5.87. The summed E-state index contributed by atoms with van der Waals surface area (Å²) in [6, 6.07) is 11.9. The van der Waals surface area contributed by atoms with Gasteiger partial charge in [-0.2, -0.15) is 0 Å². The van der Waals surface area contributed by atoms with E-state index in [2.05, 4.69) is 76.5 Å². The van der Waals surface area contributed by atoms with E-state index in [1.54, 1.807) is 0 Å². The molecule has 2 unspecified atom stereocenters. The predicted molar refractivity (Wildman–Crippen MR) is 178 cm³/mol. The first-order chi connectivity index (χ1) is 19.0. The molecule has 2 aromatic rings. The molecular formula is C36H56OP2. The summed E-state index contributed by atoms with van der Waals surface area (Å²) in [6.45, 7) is 10.1. The molecule has 2 aliphatic rings. The van der Waals surface area contributed by atoms with Crippen LogP contribution in [0.3, 0.4) is 0 Å². The van der Waals surface area contributed by atoms with Gasteiger partial charge in [-0.05, 0) is 121 Å². The molecule has 216 valence electrons. The van der Waals surface area contributed by atoms with Gasteiger partial charge in [0, 0.05) is 5.56 Å². The standard InChI is InChI=1S/C36H56OP2/c1-5-27(6-2)22-37-36-33(23-38)21-34(26(4)35(36)24-39)32-19-13-29(14-20-32)10-9-28-11-17-31(18-12-28)30-15-7-25(3)8-16-30/h13-14,19-21,25,27-28,30-31H,5-12,15-18,22-24,38-39H2,1-4H3. The molecule has 3 heteroatoms. The Kier molecular flexibility index (Phi) is 12.2. The molecule has 0 amide bonds. The van der Waals surface area contributed by atoms with Crippen LogP contribution in [-0.2, 0) is 18.7 Å². The fourth-order valence-corrected chi connectivity index (χ4v) is 8.20. The average molecular weight is 567 g/mol. The quantitative estimate of drug-likeness (QED) is 0.232. The number of aryl methyl sites for hydroxylation is 1. The van der Waals surface area contributed by atoms with Crippen LogP contribution >= 0.6 is 18.5 Å². The normalized spacial score (nSPS) is 23.8. The summed E-state index contributed by atoms with van der Waals surface area (Å²) in [6.07, 6.45) is 18.7. The fraction of sp³-hybridized carbons (Fsp3) is 0.667. The Morgan fingerprint density at radius 2 is 1.46 bits per heavy atom. The lowest BCUT2D eigenvalue weighted by atomic mass is 9.69. The van der Waals surface area contributed by atoms with Gasteiger partial charge in [-0.25, -0.2) is 0 Å². The van der Waals surface area contributed by atoms with E-state index < -0.39 is 0 Å². The molecule has 0 spiro atoms. The van der Waals surface area contributed by atoms with Gasteiger partial charge in [0.2, 0.25) is 0 Å². The number of rotatable bonds is 12. The highest BCUT2D eigenvalue weighted by Gasteiger charge is 2.29. The maximum absolute atomic E-state index is 6.49. The topological polar surface area (TPSA) is 9.23 Å². The molecule has 2 atom stereocenters. The van der Waals surface area contributed by atoms with E-state index in [4.69, 9.17) is 4.74 Å². The van der Waals surface area contributed by atoms with Gasteiger partial charge in [-0.3, -0.25) is 0 Å². The minimum absolute atomic E-state index is 0.628. The third kappa shape index (κ3) is 8.10. The van der Waals surface area contributed by atoms with E-state index in [0.717, 1.165) is 48.4 Å². The first-order valence-electron chi connectivity index (χ1n) is 16.2. The molecule has 0 bridgehead atoms. The van der Waals surface area contributed by atoms with Crippen LogP contribution in [-0.4, -0.2) is 6.61 Å². The van der Waals surface area contributed by atoms with Crippen molar-refractivity contribution in [2.75, 3.05) is 6.61 Å². The SMILES string of the molecule is CCC(CC)COc1c(CP)cc(-c2ccc(CCC3CCC(C4CCC(C)CC4)CC3)cc2)c(C)c1CP. The van der Waals surface area contributed by atoms with Gasteiger partial charge in [0.15, 0.2) is 0 Å². The maximum atomic E-state index is 6.49. The van der Waals surface area contributed by atoms with Crippen LogP contribution in [0, 0.1) is 36.5 Å². The smallest absolute Gasteiger partial charge is 0.126 e. The predicted octanol–water partition coefficient (Wildman–Crippen LogP) is 10.8. The van der Waals surface area contributed by atoms with Crippen molar-refractivity contribution in [3.8, 4) is 16.9 Å². The Morgan fingerprint density at radius 3 is 2.03 bits per heavy atom. The zero-order chi connectivity index (χ0) is 27.8. The molecular weight excluding hydrogens is 510 g/mol. The third-order valence-corrected chi connectivity index (χ3v) is 11.4. The first kappa shape index (κ1) is 31.0. The summed E-state index contributed by atoms with van der Waals surface area (Å²) in [5, 5.41) is 0. The summed E-state index contributed by atoms with van der Waals surface area (Å²) >= 11 is 0. The second-order valence-corrected chi connectivity index (χ2v) is 13.8. The van der Waals surface area contributed by atoms with Crippen LogP contribution in [0.1, 0.15) is 114 Å². The zero-order valence-corrected chi connectivity index (χ0v) is 27.8. The lowest BCUT2D eigenvalue weighted by Gasteiger charge is -2.37. The Morgan fingerprint density at radius 1 is 0.846 bits per heavy atom. The van der Waals surface area contributed by atoms with Crippen LogP contribution in [0.25, 0.3) is 11.1 Å². The van der Waals surface area contributed by atoms with Gasteiger partial charge >= 0.3 is 0 Å². The van der Waals surface area contributed by atoms with Gasteiger partial charge in [0.25, 0.3) is 0 Å². The summed E-state index contributed by atoms with van der Waals surface area (Å²) in [4.78, 5) is 0. The van der Waals surface area contributed by atoms with Crippen molar-refractivity contribution in [2.45, 2.75) is 117 Å². The molecule has 2 saturated carbocycles. The van der Waals surface area contributed by atoms with E-state index in [0.29, 0.717) is 5.92 Å². The second-order valence-electron chi connectivity index (χ2n) is 13.0. The lowest BCUT2D eigenvalue weighted by Crippen LogP contribution is -2.25. The summed E-state index contributed by atoms with van der Waals surface area (Å²) < 4.78 is 6.49. The minimum atomic E-state index is 0.628. The highest BCUT2D eigenvalue weighted by atomic mass is 31.0. The number of hydrogen-bond donors (Lipinski definition) is 0. The Balaban J connectivity index is 1.36. The number of hydrogen-bond acceptors (Lipinski definition) is 1. The molecule has 2 aromatic carbocycles.